The lowest BCUT2D eigenvalue weighted by Gasteiger charge is -2.38. The number of carbonyl (C=O) groups excluding carboxylic acids is 1. The van der Waals surface area contributed by atoms with E-state index >= 15 is 0 Å². The van der Waals surface area contributed by atoms with Gasteiger partial charge in [-0.25, -0.2) is 4.79 Å². The summed E-state index contributed by atoms with van der Waals surface area (Å²) < 4.78 is 12.4. The summed E-state index contributed by atoms with van der Waals surface area (Å²) in [6.07, 6.45) is 6.71. The third kappa shape index (κ3) is 12.2. The molecule has 0 aliphatic carbocycles. The average molecular weight is 775 g/mol. The van der Waals surface area contributed by atoms with Gasteiger partial charge in [0.25, 0.3) is 0 Å². The lowest BCUT2D eigenvalue weighted by molar-refractivity contribution is 0.00153. The number of aromatic amines is 1. The van der Waals surface area contributed by atoms with Crippen LogP contribution in [0.25, 0.3) is 10.9 Å². The second-order valence-electron chi connectivity index (χ2n) is 15.1. The minimum absolute atomic E-state index is 0.0269. The van der Waals surface area contributed by atoms with Crippen LogP contribution in [-0.2, 0) is 11.2 Å². The summed E-state index contributed by atoms with van der Waals surface area (Å²) in [6, 6.07) is 34.3. The smallest absolute Gasteiger partial charge is 0.408 e. The van der Waals surface area contributed by atoms with E-state index in [9.17, 15) is 19.8 Å². The Hall–Kier alpha value is -5.16. The molecule has 4 aromatic carbocycles. The number of likely N-dealkylation sites (tertiary alicyclic amines) is 1. The Labute approximate surface area is 336 Å². The molecule has 57 heavy (non-hydrogen) atoms. The van der Waals surface area contributed by atoms with E-state index in [1.807, 2.05) is 54.6 Å². The van der Waals surface area contributed by atoms with Gasteiger partial charge in [0, 0.05) is 24.5 Å². The number of aliphatic hydroxyl groups is 1. The van der Waals surface area contributed by atoms with Gasteiger partial charge in [-0.1, -0.05) is 85.8 Å². The fourth-order valence-electron chi connectivity index (χ4n) is 7.84. The summed E-state index contributed by atoms with van der Waals surface area (Å²) in [5, 5.41) is 28.1. The normalized spacial score (nSPS) is 16.9. The zero-order valence-corrected chi connectivity index (χ0v) is 33.1. The number of H-pyrrole nitrogens is 1. The third-order valence-electron chi connectivity index (χ3n) is 11.1. The minimum atomic E-state index is -0.790. The molecule has 4 atom stereocenters. The molecular weight excluding hydrogens is 717 g/mol. The van der Waals surface area contributed by atoms with Crippen LogP contribution in [0.15, 0.2) is 114 Å². The van der Waals surface area contributed by atoms with Crippen LogP contribution in [0.2, 0.25) is 0 Å². The number of unbranched alkanes of at least 4 members (excludes halogenated alkanes) is 3. The van der Waals surface area contributed by atoms with Gasteiger partial charge in [-0.05, 0) is 123 Å². The van der Waals surface area contributed by atoms with Crippen LogP contribution in [0, 0.1) is 5.92 Å². The number of pyridine rings is 1. The number of nitrogens with one attached hydrogen (secondary N) is 3. The summed E-state index contributed by atoms with van der Waals surface area (Å²) in [4.78, 5) is 30.4. The number of aromatic nitrogens is 1. The van der Waals surface area contributed by atoms with Crippen molar-refractivity contribution in [2.75, 3.05) is 39.3 Å². The topological polar surface area (TPSA) is 136 Å². The van der Waals surface area contributed by atoms with Crippen LogP contribution in [-0.4, -0.2) is 71.6 Å². The maximum absolute atomic E-state index is 13.6. The fourth-order valence-corrected chi connectivity index (χ4v) is 7.84. The molecule has 4 unspecified atom stereocenters. The standard InChI is InChI=1S/C47H58N4O6/c1-2-35-26-29-51(28-12-10-17-34-15-6-3-7-16-34)33-43(35)57-47(55)50-45(36-18-8-4-9-19-36)37-20-14-21-38(31-37)56-30-13-5-11-27-48-32-42(53)39-22-24-41(52)46-40(39)23-25-44(54)49-46/h3-4,6-9,14-16,18-25,31,35,42-43,45,48,52-53H,2,5,10-13,17,26-30,32-33H2,1H3,(H,49,54)(H,50,55). The summed E-state index contributed by atoms with van der Waals surface area (Å²) in [5.74, 6) is 1.06. The molecule has 302 valence electrons. The van der Waals surface area contributed by atoms with Gasteiger partial charge < -0.3 is 35.3 Å². The molecule has 1 fully saturated rings. The molecule has 1 aliphatic rings. The van der Waals surface area contributed by atoms with Gasteiger partial charge in [-0.15, -0.1) is 0 Å². The van der Waals surface area contributed by atoms with Crippen molar-refractivity contribution in [3.63, 3.8) is 0 Å². The van der Waals surface area contributed by atoms with Crippen molar-refractivity contribution < 1.29 is 24.5 Å². The lowest BCUT2D eigenvalue weighted by atomic mass is 9.91. The number of nitrogens with zero attached hydrogens (tertiary/aromatic N) is 1. The Kier molecular flexibility index (Phi) is 15.6. The zero-order valence-electron chi connectivity index (χ0n) is 33.1. The number of aromatic hydroxyl groups is 1. The van der Waals surface area contributed by atoms with Crippen LogP contribution < -0.4 is 20.9 Å². The first-order valence-electron chi connectivity index (χ1n) is 20.6. The van der Waals surface area contributed by atoms with Crippen molar-refractivity contribution in [3.8, 4) is 11.5 Å². The second kappa shape index (κ2) is 21.4. The molecule has 5 N–H and O–H groups in total. The molecule has 1 aliphatic heterocycles. The molecule has 0 saturated carbocycles. The van der Waals surface area contributed by atoms with E-state index in [4.69, 9.17) is 9.47 Å². The summed E-state index contributed by atoms with van der Waals surface area (Å²) >= 11 is 0. The molecule has 0 spiro atoms. The highest BCUT2D eigenvalue weighted by atomic mass is 16.6. The predicted molar refractivity (Wildman–Crippen MR) is 226 cm³/mol. The van der Waals surface area contributed by atoms with E-state index in [-0.39, 0.29) is 17.4 Å². The number of rotatable bonds is 20. The predicted octanol–water partition coefficient (Wildman–Crippen LogP) is 8.05. The van der Waals surface area contributed by atoms with Crippen molar-refractivity contribution in [3.05, 3.63) is 142 Å². The highest BCUT2D eigenvalue weighted by Crippen LogP contribution is 2.30. The Bertz CT molecular complexity index is 2040. The van der Waals surface area contributed by atoms with Gasteiger partial charge in [-0.3, -0.25) is 9.69 Å². The number of amides is 1. The number of piperidine rings is 1. The maximum atomic E-state index is 13.6. The quantitative estimate of drug-likeness (QED) is 0.0502. The number of alkyl carbamates (subject to hydrolysis) is 1. The lowest BCUT2D eigenvalue weighted by Crippen LogP contribution is -2.47. The van der Waals surface area contributed by atoms with E-state index in [2.05, 4.69) is 57.8 Å². The molecule has 0 radical (unpaired) electrons. The first kappa shape index (κ1) is 41.5. The maximum Gasteiger partial charge on any atom is 0.408 e. The third-order valence-corrected chi connectivity index (χ3v) is 11.1. The van der Waals surface area contributed by atoms with Crippen LogP contribution in [0.4, 0.5) is 4.79 Å². The van der Waals surface area contributed by atoms with E-state index < -0.39 is 18.2 Å². The molecule has 5 aromatic rings. The molecule has 1 saturated heterocycles. The second-order valence-corrected chi connectivity index (χ2v) is 15.1. The molecule has 10 nitrogen and oxygen atoms in total. The molecule has 1 aromatic heterocycles. The highest BCUT2D eigenvalue weighted by molar-refractivity contribution is 5.87. The van der Waals surface area contributed by atoms with Crippen LogP contribution in [0.3, 0.4) is 0 Å². The van der Waals surface area contributed by atoms with Gasteiger partial charge in [0.05, 0.1) is 24.3 Å². The Morgan fingerprint density at radius 1 is 0.895 bits per heavy atom. The molecule has 1 amide bonds. The number of benzene rings is 4. The first-order valence-corrected chi connectivity index (χ1v) is 20.6. The van der Waals surface area contributed by atoms with Crippen molar-refractivity contribution in [2.45, 2.75) is 76.5 Å². The molecule has 0 bridgehead atoms. The number of phenolic OH excluding ortho intramolecular Hbond substituents is 1. The van der Waals surface area contributed by atoms with Crippen molar-refractivity contribution in [2.24, 2.45) is 5.92 Å². The zero-order chi connectivity index (χ0) is 39.8. The number of phenols is 1. The van der Waals surface area contributed by atoms with Crippen LogP contribution in [0.5, 0.6) is 11.5 Å². The van der Waals surface area contributed by atoms with Gasteiger partial charge in [0.2, 0.25) is 5.56 Å². The number of hydrogen-bond acceptors (Lipinski definition) is 8. The summed E-state index contributed by atoms with van der Waals surface area (Å²) in [7, 11) is 0. The van der Waals surface area contributed by atoms with Crippen molar-refractivity contribution in [1.29, 1.82) is 0 Å². The minimum Gasteiger partial charge on any atom is -0.506 e. The van der Waals surface area contributed by atoms with Gasteiger partial charge in [-0.2, -0.15) is 0 Å². The molecule has 2 heterocycles. The number of aryl methyl sites for hydroxylation is 1. The SMILES string of the molecule is CCC1CCN(CCCCc2ccccc2)CC1OC(=O)NC(c1ccccc1)c1cccc(OCCCCCNCC(O)c2ccc(O)c3[nH]c(=O)ccc23)c1. The Balaban J connectivity index is 0.952. The van der Waals surface area contributed by atoms with Gasteiger partial charge in [0.1, 0.15) is 17.6 Å². The summed E-state index contributed by atoms with van der Waals surface area (Å²) in [5.41, 5.74) is 3.93. The van der Waals surface area contributed by atoms with Gasteiger partial charge >= 0.3 is 6.09 Å². The number of ether oxygens (including phenoxy) is 2. The van der Waals surface area contributed by atoms with Crippen molar-refractivity contribution >= 4 is 17.0 Å². The van der Waals surface area contributed by atoms with Crippen LogP contribution >= 0.6 is 0 Å². The van der Waals surface area contributed by atoms with E-state index in [1.165, 1.54) is 17.7 Å². The average Bonchev–Trinajstić information content (AvgIpc) is 3.23. The van der Waals surface area contributed by atoms with Gasteiger partial charge in [0.15, 0.2) is 0 Å². The number of carbonyl (C=O) groups is 1. The summed E-state index contributed by atoms with van der Waals surface area (Å²) in [6.45, 7) is 6.62. The molecular formula is C47H58N4O6. The number of aliphatic hydroxyl groups excluding tert-OH is 1. The van der Waals surface area contributed by atoms with Crippen LogP contribution in [0.1, 0.15) is 86.3 Å². The van der Waals surface area contributed by atoms with Crippen molar-refractivity contribution in [1.82, 2.24) is 20.5 Å². The first-order chi connectivity index (χ1) is 27.9. The van der Waals surface area contributed by atoms with E-state index in [1.54, 1.807) is 12.1 Å². The molecule has 10 heteroatoms. The fraction of sp³-hybridized carbons (Fsp3) is 0.404. The van der Waals surface area contributed by atoms with E-state index in [0.717, 1.165) is 94.4 Å². The Morgan fingerprint density at radius 3 is 2.49 bits per heavy atom. The monoisotopic (exact) mass is 774 g/mol. The number of hydrogen-bond donors (Lipinski definition) is 5. The van der Waals surface area contributed by atoms with E-state index in [0.29, 0.717) is 35.5 Å². The number of fused-ring (bicyclic) bond motifs is 1. The highest BCUT2D eigenvalue weighted by Gasteiger charge is 2.31. The molecule has 6 rings (SSSR count). The largest absolute Gasteiger partial charge is 0.506 e. The Morgan fingerprint density at radius 2 is 1.68 bits per heavy atom.